The summed E-state index contributed by atoms with van der Waals surface area (Å²) in [4.78, 5) is 29.5. The molecule has 31 heavy (non-hydrogen) atoms. The van der Waals surface area contributed by atoms with Crippen LogP contribution in [0.4, 0.5) is 10.2 Å². The van der Waals surface area contributed by atoms with Gasteiger partial charge in [0.1, 0.15) is 5.82 Å². The summed E-state index contributed by atoms with van der Waals surface area (Å²) in [5.74, 6) is -0.649. The first-order valence-corrected chi connectivity index (χ1v) is 10.7. The van der Waals surface area contributed by atoms with Gasteiger partial charge in [-0.1, -0.05) is 18.7 Å². The monoisotopic (exact) mass is 424 g/mol. The quantitative estimate of drug-likeness (QED) is 0.741. The van der Waals surface area contributed by atoms with Crippen molar-refractivity contribution >= 4 is 17.7 Å². The predicted octanol–water partition coefficient (Wildman–Crippen LogP) is 3.79. The number of rotatable bonds is 5. The van der Waals surface area contributed by atoms with Crippen LogP contribution in [0.25, 0.3) is 4.85 Å². The first kappa shape index (κ1) is 21.0. The number of carboxylic acids is 1. The first-order chi connectivity index (χ1) is 14.9. The van der Waals surface area contributed by atoms with Crippen LogP contribution < -0.4 is 0 Å². The van der Waals surface area contributed by atoms with Gasteiger partial charge in [-0.25, -0.2) is 4.39 Å². The SMILES string of the molecule is [C-]#[N+]c1nn(Cc2ccc(F)cc2)c2c1CCN(C(=O)CC1CCC(C(=O)O)CC1)C2. The van der Waals surface area contributed by atoms with Gasteiger partial charge in [-0.2, -0.15) is 4.68 Å². The summed E-state index contributed by atoms with van der Waals surface area (Å²) in [5.41, 5.74) is 2.63. The van der Waals surface area contributed by atoms with Gasteiger partial charge in [-0.15, -0.1) is 0 Å². The van der Waals surface area contributed by atoms with E-state index in [0.29, 0.717) is 51.1 Å². The van der Waals surface area contributed by atoms with E-state index in [1.807, 2.05) is 4.90 Å². The van der Waals surface area contributed by atoms with Crippen molar-refractivity contribution in [1.29, 1.82) is 0 Å². The number of carbonyl (C=O) groups is 2. The third-order valence-corrected chi connectivity index (χ3v) is 6.48. The molecule has 7 nitrogen and oxygen atoms in total. The Kier molecular flexibility index (Phi) is 6.03. The van der Waals surface area contributed by atoms with Gasteiger partial charge in [0.15, 0.2) is 0 Å². The lowest BCUT2D eigenvalue weighted by Gasteiger charge is -2.31. The summed E-state index contributed by atoms with van der Waals surface area (Å²) >= 11 is 0. The van der Waals surface area contributed by atoms with Gasteiger partial charge in [0.2, 0.25) is 5.91 Å². The highest BCUT2D eigenvalue weighted by Gasteiger charge is 2.31. The second-order valence-electron chi connectivity index (χ2n) is 8.47. The van der Waals surface area contributed by atoms with Crippen molar-refractivity contribution in [3.8, 4) is 0 Å². The topological polar surface area (TPSA) is 79.8 Å². The number of hydrogen-bond acceptors (Lipinski definition) is 3. The normalized spacial score (nSPS) is 20.7. The van der Waals surface area contributed by atoms with Crippen molar-refractivity contribution in [2.75, 3.05) is 6.54 Å². The lowest BCUT2D eigenvalue weighted by atomic mass is 9.80. The van der Waals surface area contributed by atoms with Crippen LogP contribution >= 0.6 is 0 Å². The minimum Gasteiger partial charge on any atom is -0.481 e. The van der Waals surface area contributed by atoms with Gasteiger partial charge in [0.05, 0.1) is 24.7 Å². The summed E-state index contributed by atoms with van der Waals surface area (Å²) in [6.07, 6.45) is 3.84. The molecule has 2 aromatic rings. The molecule has 1 amide bonds. The Bertz CT molecular complexity index is 1020. The Labute approximate surface area is 180 Å². The molecule has 2 heterocycles. The van der Waals surface area contributed by atoms with E-state index in [9.17, 15) is 14.0 Å². The number of amides is 1. The summed E-state index contributed by atoms with van der Waals surface area (Å²) in [6.45, 7) is 8.81. The number of benzene rings is 1. The number of nitrogens with zero attached hydrogens (tertiary/aromatic N) is 4. The third-order valence-electron chi connectivity index (χ3n) is 6.48. The van der Waals surface area contributed by atoms with Gasteiger partial charge >= 0.3 is 5.97 Å². The zero-order valence-corrected chi connectivity index (χ0v) is 17.3. The van der Waals surface area contributed by atoms with Crippen molar-refractivity contribution in [2.24, 2.45) is 11.8 Å². The van der Waals surface area contributed by atoms with E-state index in [1.54, 1.807) is 16.8 Å². The molecule has 1 aliphatic heterocycles. The highest BCUT2D eigenvalue weighted by molar-refractivity contribution is 5.77. The van der Waals surface area contributed by atoms with Crippen LogP contribution in [-0.2, 0) is 29.1 Å². The summed E-state index contributed by atoms with van der Waals surface area (Å²) in [5, 5.41) is 13.6. The van der Waals surface area contributed by atoms with Crippen molar-refractivity contribution in [2.45, 2.75) is 51.6 Å². The molecular weight excluding hydrogens is 399 g/mol. The zero-order chi connectivity index (χ0) is 22.0. The van der Waals surface area contributed by atoms with Gasteiger partial charge in [0.25, 0.3) is 5.82 Å². The van der Waals surface area contributed by atoms with E-state index in [2.05, 4.69) is 9.94 Å². The van der Waals surface area contributed by atoms with E-state index in [4.69, 9.17) is 11.7 Å². The molecule has 0 saturated heterocycles. The maximum absolute atomic E-state index is 13.2. The lowest BCUT2D eigenvalue weighted by Crippen LogP contribution is -2.38. The average Bonchev–Trinajstić information content (AvgIpc) is 3.12. The number of aliphatic carboxylic acids is 1. The van der Waals surface area contributed by atoms with E-state index in [0.717, 1.165) is 29.7 Å². The van der Waals surface area contributed by atoms with Crippen molar-refractivity contribution in [3.63, 3.8) is 0 Å². The Morgan fingerprint density at radius 1 is 1.19 bits per heavy atom. The van der Waals surface area contributed by atoms with Crippen LogP contribution in [0.3, 0.4) is 0 Å². The van der Waals surface area contributed by atoms with Crippen molar-refractivity contribution < 1.29 is 19.1 Å². The van der Waals surface area contributed by atoms with Gasteiger partial charge in [-0.3, -0.25) is 9.59 Å². The smallest absolute Gasteiger partial charge is 0.306 e. The van der Waals surface area contributed by atoms with E-state index < -0.39 is 5.97 Å². The first-order valence-electron chi connectivity index (χ1n) is 10.7. The minimum atomic E-state index is -0.738. The molecule has 0 unspecified atom stereocenters. The molecule has 2 aliphatic rings. The molecule has 0 spiro atoms. The van der Waals surface area contributed by atoms with Crippen LogP contribution in [0, 0.1) is 24.2 Å². The summed E-state index contributed by atoms with van der Waals surface area (Å²) < 4.78 is 15.0. The molecule has 1 aromatic carbocycles. The van der Waals surface area contributed by atoms with Crippen LogP contribution in [0.1, 0.15) is 48.9 Å². The molecule has 4 rings (SSSR count). The van der Waals surface area contributed by atoms with E-state index in [1.165, 1.54) is 12.1 Å². The highest BCUT2D eigenvalue weighted by Crippen LogP contribution is 2.33. The molecule has 0 bridgehead atoms. The number of aromatic nitrogens is 2. The van der Waals surface area contributed by atoms with Crippen molar-refractivity contribution in [1.82, 2.24) is 14.7 Å². The molecule has 8 heteroatoms. The highest BCUT2D eigenvalue weighted by atomic mass is 19.1. The Balaban J connectivity index is 1.44. The fourth-order valence-corrected chi connectivity index (χ4v) is 4.65. The molecule has 0 atom stereocenters. The van der Waals surface area contributed by atoms with Gasteiger partial charge in [0, 0.05) is 18.5 Å². The molecule has 1 N–H and O–H groups in total. The van der Waals surface area contributed by atoms with Crippen LogP contribution in [-0.4, -0.2) is 38.2 Å². The number of halogens is 1. The predicted molar refractivity (Wildman–Crippen MR) is 111 cm³/mol. The average molecular weight is 424 g/mol. The number of carboxylic acid groups (broad SMARTS) is 1. The van der Waals surface area contributed by atoms with Gasteiger partial charge in [-0.05, 0) is 60.8 Å². The molecule has 1 aliphatic carbocycles. The molecule has 1 aromatic heterocycles. The largest absolute Gasteiger partial charge is 0.481 e. The Hall–Kier alpha value is -3.21. The zero-order valence-electron chi connectivity index (χ0n) is 17.3. The molecule has 0 radical (unpaired) electrons. The van der Waals surface area contributed by atoms with Crippen molar-refractivity contribution in [3.05, 3.63) is 58.3 Å². The Morgan fingerprint density at radius 2 is 1.90 bits per heavy atom. The maximum Gasteiger partial charge on any atom is 0.306 e. The third kappa shape index (κ3) is 4.61. The second kappa shape index (κ2) is 8.88. The van der Waals surface area contributed by atoms with Gasteiger partial charge < -0.3 is 14.9 Å². The second-order valence-corrected chi connectivity index (χ2v) is 8.47. The molecule has 1 saturated carbocycles. The number of carbonyl (C=O) groups excluding carboxylic acids is 1. The summed E-state index contributed by atoms with van der Waals surface area (Å²) in [6, 6.07) is 6.19. The van der Waals surface area contributed by atoms with Crippen LogP contribution in [0.2, 0.25) is 0 Å². The maximum atomic E-state index is 13.2. The fourth-order valence-electron chi connectivity index (χ4n) is 4.65. The molecule has 1 fully saturated rings. The summed E-state index contributed by atoms with van der Waals surface area (Å²) in [7, 11) is 0. The van der Waals surface area contributed by atoms with E-state index in [-0.39, 0.29) is 23.6 Å². The van der Waals surface area contributed by atoms with Crippen LogP contribution in [0.15, 0.2) is 24.3 Å². The molecule has 162 valence electrons. The minimum absolute atomic E-state index is 0.0725. The fraction of sp³-hybridized carbons (Fsp3) is 0.478. The number of hydrogen-bond donors (Lipinski definition) is 1. The van der Waals surface area contributed by atoms with Crippen LogP contribution in [0.5, 0.6) is 0 Å². The lowest BCUT2D eigenvalue weighted by molar-refractivity contribution is -0.143. The molecular formula is C23H25FN4O3. The Morgan fingerprint density at radius 3 is 2.55 bits per heavy atom. The standard InChI is InChI=1S/C23H25FN4O3/c1-25-22-19-10-11-27(21(29)12-15-2-6-17(7-3-15)23(30)31)14-20(19)28(26-22)13-16-4-8-18(24)9-5-16/h4-5,8-9,15,17H,2-3,6-7,10-14H2,(H,30,31). The van der Waals surface area contributed by atoms with E-state index >= 15 is 0 Å². The number of fused-ring (bicyclic) bond motifs is 1.